The molecular formula is C17H25FN2O4. The fraction of sp³-hybridized carbons (Fsp3) is 0.529. The quantitative estimate of drug-likeness (QED) is 0.713. The van der Waals surface area contributed by atoms with Crippen molar-refractivity contribution in [2.75, 3.05) is 19.7 Å². The maximum Gasteiger partial charge on any atom is 0.407 e. The number of ether oxygens (including phenoxy) is 2. The highest BCUT2D eigenvalue weighted by atomic mass is 19.1. The molecule has 7 heteroatoms. The fourth-order valence-corrected chi connectivity index (χ4v) is 1.76. The first-order valence-corrected chi connectivity index (χ1v) is 7.88. The minimum atomic E-state index is -0.539. The molecule has 0 saturated heterocycles. The van der Waals surface area contributed by atoms with E-state index >= 15 is 0 Å². The molecule has 0 bridgehead atoms. The van der Waals surface area contributed by atoms with Gasteiger partial charge >= 0.3 is 6.09 Å². The van der Waals surface area contributed by atoms with E-state index < -0.39 is 11.7 Å². The Balaban J connectivity index is 2.05. The first-order valence-electron chi connectivity index (χ1n) is 7.88. The van der Waals surface area contributed by atoms with Crippen LogP contribution in [0.3, 0.4) is 0 Å². The molecule has 24 heavy (non-hydrogen) atoms. The Kier molecular flexibility index (Phi) is 8.01. The minimum absolute atomic E-state index is 0.135. The molecule has 0 atom stereocenters. The zero-order valence-corrected chi connectivity index (χ0v) is 14.4. The van der Waals surface area contributed by atoms with Gasteiger partial charge in [0.2, 0.25) is 5.91 Å². The summed E-state index contributed by atoms with van der Waals surface area (Å²) in [6.07, 6.45) is 0.303. The lowest BCUT2D eigenvalue weighted by Crippen LogP contribution is -2.33. The van der Waals surface area contributed by atoms with E-state index in [0.29, 0.717) is 25.3 Å². The summed E-state index contributed by atoms with van der Waals surface area (Å²) in [5.74, 6) is -0.0799. The molecule has 0 aliphatic heterocycles. The van der Waals surface area contributed by atoms with Crippen LogP contribution in [0.25, 0.3) is 0 Å². The molecular weight excluding hydrogens is 315 g/mol. The summed E-state index contributed by atoms with van der Waals surface area (Å²) in [6.45, 7) is 6.30. The van der Waals surface area contributed by atoms with E-state index in [2.05, 4.69) is 10.6 Å². The number of carbonyl (C=O) groups excluding carboxylic acids is 2. The van der Waals surface area contributed by atoms with Gasteiger partial charge < -0.3 is 20.1 Å². The Labute approximate surface area is 141 Å². The third-order valence-corrected chi connectivity index (χ3v) is 2.74. The van der Waals surface area contributed by atoms with Crippen LogP contribution >= 0.6 is 0 Å². The van der Waals surface area contributed by atoms with Crippen LogP contribution in [0.4, 0.5) is 9.18 Å². The molecule has 2 N–H and O–H groups in total. The highest BCUT2D eigenvalue weighted by Gasteiger charge is 2.15. The highest BCUT2D eigenvalue weighted by Crippen LogP contribution is 2.11. The normalized spacial score (nSPS) is 10.8. The van der Waals surface area contributed by atoms with E-state index in [1.54, 1.807) is 32.9 Å². The van der Waals surface area contributed by atoms with Crippen LogP contribution in [0.5, 0.6) is 5.75 Å². The lowest BCUT2D eigenvalue weighted by molar-refractivity contribution is -0.121. The molecule has 0 aliphatic rings. The van der Waals surface area contributed by atoms with Crippen molar-refractivity contribution < 1.29 is 23.5 Å². The van der Waals surface area contributed by atoms with Crippen molar-refractivity contribution >= 4 is 12.0 Å². The summed E-state index contributed by atoms with van der Waals surface area (Å²) in [6, 6.07) is 5.82. The summed E-state index contributed by atoms with van der Waals surface area (Å²) in [5, 5.41) is 5.28. The predicted octanol–water partition coefficient (Wildman–Crippen LogP) is 2.63. The molecule has 0 saturated carbocycles. The molecule has 6 nitrogen and oxygen atoms in total. The van der Waals surface area contributed by atoms with Crippen LogP contribution in [0.2, 0.25) is 0 Å². The van der Waals surface area contributed by atoms with Gasteiger partial charge in [-0.25, -0.2) is 9.18 Å². The van der Waals surface area contributed by atoms with Crippen molar-refractivity contribution in [1.82, 2.24) is 10.6 Å². The SMILES string of the molecule is CC(C)(C)OC(=O)NCCCC(=O)NCCOc1cccc(F)c1. The number of nitrogens with one attached hydrogen (secondary N) is 2. The molecule has 134 valence electrons. The standard InChI is InChI=1S/C17H25FN2O4/c1-17(2,3)24-16(22)20-9-5-8-15(21)19-10-11-23-14-7-4-6-13(18)12-14/h4,6-7,12H,5,8-11H2,1-3H3,(H,19,21)(H,20,22). The lowest BCUT2D eigenvalue weighted by Gasteiger charge is -2.19. The van der Waals surface area contributed by atoms with E-state index in [1.165, 1.54) is 12.1 Å². The van der Waals surface area contributed by atoms with Crippen molar-refractivity contribution in [2.45, 2.75) is 39.2 Å². The molecule has 0 spiro atoms. The predicted molar refractivity (Wildman–Crippen MR) is 88.4 cm³/mol. The van der Waals surface area contributed by atoms with Crippen molar-refractivity contribution in [3.05, 3.63) is 30.1 Å². The molecule has 1 aromatic carbocycles. The maximum absolute atomic E-state index is 12.9. The Morgan fingerprint density at radius 3 is 2.58 bits per heavy atom. The second-order valence-electron chi connectivity index (χ2n) is 6.19. The van der Waals surface area contributed by atoms with Gasteiger partial charge in [0.25, 0.3) is 0 Å². The molecule has 0 unspecified atom stereocenters. The Bertz CT molecular complexity index is 544. The molecule has 0 heterocycles. The molecule has 0 radical (unpaired) electrons. The second kappa shape index (κ2) is 9.75. The average Bonchev–Trinajstić information content (AvgIpc) is 2.46. The summed E-state index contributed by atoms with van der Waals surface area (Å²) >= 11 is 0. The first kappa shape index (κ1) is 19.7. The number of hydrogen-bond acceptors (Lipinski definition) is 4. The zero-order chi connectivity index (χ0) is 18.0. The molecule has 1 rings (SSSR count). The van der Waals surface area contributed by atoms with E-state index in [0.717, 1.165) is 0 Å². The van der Waals surface area contributed by atoms with Crippen molar-refractivity contribution in [3.8, 4) is 5.75 Å². The zero-order valence-electron chi connectivity index (χ0n) is 14.4. The number of amides is 2. The number of benzene rings is 1. The molecule has 0 fully saturated rings. The third kappa shape index (κ3) is 9.66. The van der Waals surface area contributed by atoms with Gasteiger partial charge in [0, 0.05) is 19.0 Å². The molecule has 0 aromatic heterocycles. The number of carbonyl (C=O) groups is 2. The van der Waals surface area contributed by atoms with Crippen molar-refractivity contribution in [3.63, 3.8) is 0 Å². The maximum atomic E-state index is 12.9. The van der Waals surface area contributed by atoms with E-state index in [4.69, 9.17) is 9.47 Å². The van der Waals surface area contributed by atoms with Crippen LogP contribution in [0.15, 0.2) is 24.3 Å². The Morgan fingerprint density at radius 2 is 1.92 bits per heavy atom. The monoisotopic (exact) mass is 340 g/mol. The van der Waals surface area contributed by atoms with Gasteiger partial charge in [0.15, 0.2) is 0 Å². The van der Waals surface area contributed by atoms with Crippen molar-refractivity contribution in [2.24, 2.45) is 0 Å². The largest absolute Gasteiger partial charge is 0.492 e. The van der Waals surface area contributed by atoms with Gasteiger partial charge in [0.1, 0.15) is 23.8 Å². The highest BCUT2D eigenvalue weighted by molar-refractivity contribution is 5.75. The summed E-state index contributed by atoms with van der Waals surface area (Å²) in [7, 11) is 0. The minimum Gasteiger partial charge on any atom is -0.492 e. The summed E-state index contributed by atoms with van der Waals surface area (Å²) in [4.78, 5) is 23.0. The second-order valence-corrected chi connectivity index (χ2v) is 6.19. The topological polar surface area (TPSA) is 76.7 Å². The third-order valence-electron chi connectivity index (χ3n) is 2.74. The molecule has 1 aromatic rings. The Hall–Kier alpha value is -2.31. The van der Waals surface area contributed by atoms with Crippen LogP contribution < -0.4 is 15.4 Å². The van der Waals surface area contributed by atoms with Crippen LogP contribution in [0.1, 0.15) is 33.6 Å². The average molecular weight is 340 g/mol. The van der Waals surface area contributed by atoms with Gasteiger partial charge in [0.05, 0.1) is 6.54 Å². The van der Waals surface area contributed by atoms with Gasteiger partial charge in [-0.15, -0.1) is 0 Å². The molecule has 2 amide bonds. The number of alkyl carbamates (subject to hydrolysis) is 1. The fourth-order valence-electron chi connectivity index (χ4n) is 1.76. The van der Waals surface area contributed by atoms with Gasteiger partial charge in [-0.1, -0.05) is 6.07 Å². The van der Waals surface area contributed by atoms with Crippen LogP contribution in [-0.4, -0.2) is 37.3 Å². The van der Waals surface area contributed by atoms with Gasteiger partial charge in [-0.2, -0.15) is 0 Å². The van der Waals surface area contributed by atoms with Crippen molar-refractivity contribution in [1.29, 1.82) is 0 Å². The molecule has 0 aliphatic carbocycles. The smallest absolute Gasteiger partial charge is 0.407 e. The summed E-state index contributed by atoms with van der Waals surface area (Å²) < 4.78 is 23.3. The van der Waals surface area contributed by atoms with Gasteiger partial charge in [-0.3, -0.25) is 4.79 Å². The van der Waals surface area contributed by atoms with Crippen LogP contribution in [-0.2, 0) is 9.53 Å². The lowest BCUT2D eigenvalue weighted by atomic mass is 10.2. The number of halogens is 1. The van der Waals surface area contributed by atoms with Crippen LogP contribution in [0, 0.1) is 5.82 Å². The van der Waals surface area contributed by atoms with E-state index in [-0.39, 0.29) is 24.8 Å². The number of rotatable bonds is 8. The Morgan fingerprint density at radius 1 is 1.17 bits per heavy atom. The summed E-state index contributed by atoms with van der Waals surface area (Å²) in [5.41, 5.74) is -0.539. The van der Waals surface area contributed by atoms with E-state index in [1.807, 2.05) is 0 Å². The van der Waals surface area contributed by atoms with Gasteiger partial charge in [-0.05, 0) is 39.3 Å². The first-order chi connectivity index (χ1) is 11.3. The van der Waals surface area contributed by atoms with E-state index in [9.17, 15) is 14.0 Å². The number of hydrogen-bond donors (Lipinski definition) is 2.